The minimum atomic E-state index is -3.10. The summed E-state index contributed by atoms with van der Waals surface area (Å²) in [6.07, 6.45) is 3.16. The van der Waals surface area contributed by atoms with Crippen LogP contribution in [0, 0.1) is 6.92 Å². The fourth-order valence-electron chi connectivity index (χ4n) is 4.78. The van der Waals surface area contributed by atoms with Gasteiger partial charge in [0, 0.05) is 62.0 Å². The molecule has 5 rings (SSSR count). The Kier molecular flexibility index (Phi) is 5.66. The third-order valence-electron chi connectivity index (χ3n) is 6.73. The van der Waals surface area contributed by atoms with Crippen molar-refractivity contribution in [3.63, 3.8) is 0 Å². The summed E-state index contributed by atoms with van der Waals surface area (Å²) in [5.41, 5.74) is 4.18. The Bertz CT molecular complexity index is 1600. The van der Waals surface area contributed by atoms with Crippen LogP contribution in [0.2, 0.25) is 0 Å². The number of carboxylic acid groups (broad SMARTS) is 1. The second-order valence-corrected chi connectivity index (χ2v) is 9.40. The summed E-state index contributed by atoms with van der Waals surface area (Å²) in [5.74, 6) is -4.19. The molecule has 1 aliphatic heterocycles. The zero-order valence-electron chi connectivity index (χ0n) is 20.7. The van der Waals surface area contributed by atoms with Crippen molar-refractivity contribution < 1.29 is 23.5 Å². The zero-order valence-corrected chi connectivity index (χ0v) is 20.7. The van der Waals surface area contributed by atoms with Crippen molar-refractivity contribution in [3.05, 3.63) is 77.2 Å². The van der Waals surface area contributed by atoms with E-state index in [1.165, 1.54) is 23.2 Å². The number of carbonyl (C=O) groups excluding carboxylic acids is 1. The summed E-state index contributed by atoms with van der Waals surface area (Å²) in [4.78, 5) is 35.5. The average molecular weight is 503 g/mol. The van der Waals surface area contributed by atoms with E-state index in [-0.39, 0.29) is 23.8 Å². The van der Waals surface area contributed by atoms with E-state index < -0.39 is 11.9 Å². The second-order valence-electron chi connectivity index (χ2n) is 9.40. The van der Waals surface area contributed by atoms with Gasteiger partial charge in [-0.05, 0) is 53.3 Å². The minimum absolute atomic E-state index is 0.0161. The maximum atomic E-state index is 14.5. The molecule has 0 atom stereocenters. The molecule has 9 heteroatoms. The van der Waals surface area contributed by atoms with Crippen LogP contribution in [0.1, 0.15) is 34.1 Å². The number of aromatic nitrogens is 2. The van der Waals surface area contributed by atoms with Gasteiger partial charge in [-0.15, -0.1) is 0 Å². The molecule has 0 unspecified atom stereocenters. The number of amides is 2. The highest BCUT2D eigenvalue weighted by atomic mass is 19.3. The summed E-state index contributed by atoms with van der Waals surface area (Å²) in [6, 6.07) is 11.8. The highest BCUT2D eigenvalue weighted by Gasteiger charge is 2.33. The van der Waals surface area contributed by atoms with Gasteiger partial charge in [-0.1, -0.05) is 18.2 Å². The monoisotopic (exact) mass is 502 g/mol. The first-order valence-corrected chi connectivity index (χ1v) is 11.6. The number of benzene rings is 2. The van der Waals surface area contributed by atoms with Crippen LogP contribution in [0.4, 0.5) is 19.3 Å². The molecule has 4 aromatic rings. The smallest absolute Gasteiger partial charge is 0.354 e. The molecule has 2 aromatic carbocycles. The van der Waals surface area contributed by atoms with Crippen molar-refractivity contribution in [1.82, 2.24) is 14.9 Å². The summed E-state index contributed by atoms with van der Waals surface area (Å²) < 4.78 is 29.0. The molecule has 0 fully saturated rings. The van der Waals surface area contributed by atoms with Crippen LogP contribution >= 0.6 is 0 Å². The SMILES string of the molecule is Cc1cc(-c2cc3cccc(-c4cc(C(C)(F)F)cc5c4CN(C)C(=O)N5C)c3cn2)cnc1C(=O)O. The van der Waals surface area contributed by atoms with Crippen LogP contribution in [0.3, 0.4) is 0 Å². The maximum Gasteiger partial charge on any atom is 0.354 e. The molecule has 1 aliphatic rings. The molecule has 2 aromatic heterocycles. The quantitative estimate of drug-likeness (QED) is 0.365. The molecular weight excluding hydrogens is 478 g/mol. The van der Waals surface area contributed by atoms with Crippen molar-refractivity contribution in [1.29, 1.82) is 0 Å². The minimum Gasteiger partial charge on any atom is -0.477 e. The highest BCUT2D eigenvalue weighted by molar-refractivity contribution is 6.02. The van der Waals surface area contributed by atoms with Gasteiger partial charge in [-0.2, -0.15) is 0 Å². The number of pyridine rings is 2. The highest BCUT2D eigenvalue weighted by Crippen LogP contribution is 2.42. The first-order chi connectivity index (χ1) is 17.5. The molecule has 37 heavy (non-hydrogen) atoms. The van der Waals surface area contributed by atoms with Gasteiger partial charge in [0.05, 0.1) is 11.4 Å². The molecule has 0 saturated heterocycles. The molecule has 0 spiro atoms. The van der Waals surface area contributed by atoms with E-state index in [1.54, 1.807) is 38.2 Å². The van der Waals surface area contributed by atoms with E-state index >= 15 is 0 Å². The number of rotatable bonds is 4. The third kappa shape index (κ3) is 4.16. The molecule has 0 saturated carbocycles. The fourth-order valence-corrected chi connectivity index (χ4v) is 4.78. The molecule has 3 heterocycles. The number of hydrogen-bond acceptors (Lipinski definition) is 4. The Labute approximate surface area is 212 Å². The van der Waals surface area contributed by atoms with E-state index in [9.17, 15) is 23.5 Å². The third-order valence-corrected chi connectivity index (χ3v) is 6.73. The Morgan fingerprint density at radius 2 is 1.81 bits per heavy atom. The van der Waals surface area contributed by atoms with Crippen molar-refractivity contribution >= 4 is 28.5 Å². The van der Waals surface area contributed by atoms with E-state index in [0.717, 1.165) is 28.8 Å². The van der Waals surface area contributed by atoms with E-state index in [1.807, 2.05) is 24.3 Å². The lowest BCUT2D eigenvalue weighted by Crippen LogP contribution is -2.43. The van der Waals surface area contributed by atoms with E-state index in [0.29, 0.717) is 28.1 Å². The summed E-state index contributed by atoms with van der Waals surface area (Å²) >= 11 is 0. The largest absolute Gasteiger partial charge is 0.477 e. The number of aryl methyl sites for hydroxylation is 1. The Morgan fingerprint density at radius 1 is 1.05 bits per heavy atom. The lowest BCUT2D eigenvalue weighted by atomic mass is 9.90. The number of fused-ring (bicyclic) bond motifs is 2. The normalized spacial score (nSPS) is 13.7. The number of anilines is 1. The van der Waals surface area contributed by atoms with Gasteiger partial charge >= 0.3 is 12.0 Å². The van der Waals surface area contributed by atoms with Gasteiger partial charge in [0.15, 0.2) is 5.69 Å². The van der Waals surface area contributed by atoms with Gasteiger partial charge in [-0.25, -0.2) is 23.4 Å². The van der Waals surface area contributed by atoms with Crippen LogP contribution in [0.15, 0.2) is 54.9 Å². The van der Waals surface area contributed by atoms with Crippen LogP contribution in [-0.2, 0) is 12.5 Å². The molecule has 0 aliphatic carbocycles. The van der Waals surface area contributed by atoms with Crippen LogP contribution in [0.25, 0.3) is 33.2 Å². The van der Waals surface area contributed by atoms with Gasteiger partial charge in [0.25, 0.3) is 5.92 Å². The lowest BCUT2D eigenvalue weighted by Gasteiger charge is -2.35. The van der Waals surface area contributed by atoms with Crippen LogP contribution in [-0.4, -0.2) is 46.1 Å². The Balaban J connectivity index is 1.70. The number of nitrogens with zero attached hydrogens (tertiary/aromatic N) is 4. The van der Waals surface area contributed by atoms with Crippen LogP contribution in [0.5, 0.6) is 0 Å². The molecular formula is C28H24F2N4O3. The van der Waals surface area contributed by atoms with Crippen molar-refractivity contribution in [3.8, 4) is 22.4 Å². The Morgan fingerprint density at radius 3 is 2.49 bits per heavy atom. The van der Waals surface area contributed by atoms with Crippen molar-refractivity contribution in [2.75, 3.05) is 19.0 Å². The molecule has 2 amide bonds. The second kappa shape index (κ2) is 8.62. The summed E-state index contributed by atoms with van der Waals surface area (Å²) in [5, 5.41) is 10.9. The zero-order chi connectivity index (χ0) is 26.6. The molecule has 1 N–H and O–H groups in total. The Hall–Kier alpha value is -4.40. The molecule has 0 bridgehead atoms. The van der Waals surface area contributed by atoms with Gasteiger partial charge < -0.3 is 10.0 Å². The predicted molar refractivity (Wildman–Crippen MR) is 137 cm³/mol. The van der Waals surface area contributed by atoms with Crippen molar-refractivity contribution in [2.24, 2.45) is 0 Å². The van der Waals surface area contributed by atoms with Gasteiger partial charge in [-0.3, -0.25) is 9.88 Å². The summed E-state index contributed by atoms with van der Waals surface area (Å²) in [7, 11) is 3.26. The number of carbonyl (C=O) groups is 2. The number of aromatic carboxylic acids is 1. The number of alkyl halides is 2. The number of urea groups is 1. The van der Waals surface area contributed by atoms with Crippen LogP contribution < -0.4 is 4.90 Å². The van der Waals surface area contributed by atoms with Gasteiger partial charge in [0.2, 0.25) is 0 Å². The molecule has 7 nitrogen and oxygen atoms in total. The molecule has 188 valence electrons. The molecule has 0 radical (unpaired) electrons. The number of carboxylic acids is 1. The first-order valence-electron chi connectivity index (χ1n) is 11.6. The first kappa shape index (κ1) is 24.3. The lowest BCUT2D eigenvalue weighted by molar-refractivity contribution is 0.0175. The topological polar surface area (TPSA) is 86.6 Å². The van der Waals surface area contributed by atoms with Gasteiger partial charge in [0.1, 0.15) is 0 Å². The van der Waals surface area contributed by atoms with E-state index in [4.69, 9.17) is 0 Å². The standard InChI is InChI=1S/C28H24F2N4O3/c1-15-8-17(12-32-25(15)26(35)36)23-9-16-6-5-7-19(21(16)13-31-23)20-10-18(28(2,29)30)11-24-22(20)14-33(3)27(37)34(24)4/h5-13H,14H2,1-4H3,(H,35,36). The van der Waals surface area contributed by atoms with Crippen molar-refractivity contribution in [2.45, 2.75) is 26.3 Å². The van der Waals surface area contributed by atoms with E-state index in [2.05, 4.69) is 9.97 Å². The average Bonchev–Trinajstić information content (AvgIpc) is 2.85. The predicted octanol–water partition coefficient (Wildman–Crippen LogP) is 6.08. The number of hydrogen-bond donors (Lipinski definition) is 1. The fraction of sp³-hybridized carbons (Fsp3) is 0.214. The maximum absolute atomic E-state index is 14.5. The summed E-state index contributed by atoms with van der Waals surface area (Å²) in [6.45, 7) is 2.81. The number of halogens is 2.